The summed E-state index contributed by atoms with van der Waals surface area (Å²) in [5.74, 6) is 0.390. The standard InChI is InChI=1S/C18H23N3O3/c1-4-6-10-24-14-9-7-8-13(11-14)16-15(17(22)23-5-2)12(3)20-18(19)21-16/h7-9,11H,4-6,10H2,1-3H3,(H2,19,20,21). The Labute approximate surface area is 142 Å². The van der Waals surface area contributed by atoms with E-state index in [1.807, 2.05) is 24.3 Å². The first kappa shape index (κ1) is 17.7. The number of anilines is 1. The fraction of sp³-hybridized carbons (Fsp3) is 0.389. The van der Waals surface area contributed by atoms with Crippen LogP contribution in [0, 0.1) is 6.92 Å². The maximum atomic E-state index is 12.3. The fourth-order valence-electron chi connectivity index (χ4n) is 2.32. The highest BCUT2D eigenvalue weighted by atomic mass is 16.5. The molecule has 0 unspecified atom stereocenters. The predicted molar refractivity (Wildman–Crippen MR) is 93.0 cm³/mol. The topological polar surface area (TPSA) is 87.3 Å². The van der Waals surface area contributed by atoms with Crippen molar-refractivity contribution in [3.05, 3.63) is 35.5 Å². The van der Waals surface area contributed by atoms with Gasteiger partial charge in [-0.2, -0.15) is 0 Å². The Morgan fingerprint density at radius 3 is 2.75 bits per heavy atom. The molecule has 128 valence electrons. The second kappa shape index (κ2) is 8.29. The molecular formula is C18H23N3O3. The summed E-state index contributed by atoms with van der Waals surface area (Å²) in [4.78, 5) is 20.6. The smallest absolute Gasteiger partial charge is 0.342 e. The van der Waals surface area contributed by atoms with Gasteiger partial charge in [-0.25, -0.2) is 14.8 Å². The number of hydrogen-bond acceptors (Lipinski definition) is 6. The van der Waals surface area contributed by atoms with E-state index in [1.54, 1.807) is 13.8 Å². The van der Waals surface area contributed by atoms with Gasteiger partial charge in [0.25, 0.3) is 0 Å². The second-order valence-corrected chi connectivity index (χ2v) is 5.34. The molecule has 1 aromatic heterocycles. The lowest BCUT2D eigenvalue weighted by Gasteiger charge is -2.12. The summed E-state index contributed by atoms with van der Waals surface area (Å²) < 4.78 is 10.9. The van der Waals surface area contributed by atoms with Crippen LogP contribution in [0.1, 0.15) is 42.7 Å². The molecule has 0 aliphatic carbocycles. The van der Waals surface area contributed by atoms with Crippen LogP contribution in [0.4, 0.5) is 5.95 Å². The number of carbonyl (C=O) groups is 1. The summed E-state index contributed by atoms with van der Waals surface area (Å²) in [6.07, 6.45) is 2.05. The molecule has 0 aliphatic rings. The Morgan fingerprint density at radius 2 is 2.04 bits per heavy atom. The highest BCUT2D eigenvalue weighted by molar-refractivity contribution is 5.97. The zero-order valence-electron chi connectivity index (χ0n) is 14.3. The number of carbonyl (C=O) groups excluding carboxylic acids is 1. The van der Waals surface area contributed by atoms with Crippen LogP contribution in [0.3, 0.4) is 0 Å². The van der Waals surface area contributed by atoms with Crippen molar-refractivity contribution in [3.63, 3.8) is 0 Å². The maximum absolute atomic E-state index is 12.3. The third-order valence-corrected chi connectivity index (χ3v) is 3.46. The molecule has 0 amide bonds. The molecule has 0 atom stereocenters. The number of ether oxygens (including phenoxy) is 2. The molecule has 24 heavy (non-hydrogen) atoms. The van der Waals surface area contributed by atoms with E-state index < -0.39 is 5.97 Å². The molecule has 6 nitrogen and oxygen atoms in total. The fourth-order valence-corrected chi connectivity index (χ4v) is 2.32. The summed E-state index contributed by atoms with van der Waals surface area (Å²) in [5, 5.41) is 0. The predicted octanol–water partition coefficient (Wildman–Crippen LogP) is 3.39. The van der Waals surface area contributed by atoms with Crippen LogP contribution >= 0.6 is 0 Å². The van der Waals surface area contributed by atoms with Crippen molar-refractivity contribution in [1.82, 2.24) is 9.97 Å². The van der Waals surface area contributed by atoms with Crippen LogP contribution in [0.5, 0.6) is 5.75 Å². The average molecular weight is 329 g/mol. The van der Waals surface area contributed by atoms with Crippen LogP contribution in [-0.2, 0) is 4.74 Å². The van der Waals surface area contributed by atoms with Crippen molar-refractivity contribution in [2.75, 3.05) is 18.9 Å². The van der Waals surface area contributed by atoms with Crippen molar-refractivity contribution < 1.29 is 14.3 Å². The quantitative estimate of drug-likeness (QED) is 0.619. The monoisotopic (exact) mass is 329 g/mol. The lowest BCUT2D eigenvalue weighted by atomic mass is 10.0. The zero-order valence-corrected chi connectivity index (χ0v) is 14.3. The normalized spacial score (nSPS) is 10.5. The molecule has 1 heterocycles. The van der Waals surface area contributed by atoms with E-state index in [9.17, 15) is 4.79 Å². The molecule has 6 heteroatoms. The molecule has 0 radical (unpaired) electrons. The van der Waals surface area contributed by atoms with E-state index in [1.165, 1.54) is 0 Å². The van der Waals surface area contributed by atoms with Gasteiger partial charge in [-0.15, -0.1) is 0 Å². The number of rotatable bonds is 7. The van der Waals surface area contributed by atoms with Crippen molar-refractivity contribution in [3.8, 4) is 17.0 Å². The number of benzene rings is 1. The number of nitrogens with two attached hydrogens (primary N) is 1. The minimum atomic E-state index is -0.456. The first-order chi connectivity index (χ1) is 11.6. The van der Waals surface area contributed by atoms with Gasteiger partial charge in [0.1, 0.15) is 11.3 Å². The van der Waals surface area contributed by atoms with Crippen molar-refractivity contribution in [2.45, 2.75) is 33.6 Å². The molecule has 0 aliphatic heterocycles. The van der Waals surface area contributed by atoms with Gasteiger partial charge in [-0.05, 0) is 32.4 Å². The summed E-state index contributed by atoms with van der Waals surface area (Å²) in [7, 11) is 0. The number of unbranched alkanes of at least 4 members (excludes halogenated alkanes) is 1. The van der Waals surface area contributed by atoms with Crippen molar-refractivity contribution in [1.29, 1.82) is 0 Å². The largest absolute Gasteiger partial charge is 0.494 e. The Bertz CT molecular complexity index is 717. The van der Waals surface area contributed by atoms with E-state index in [2.05, 4.69) is 16.9 Å². The van der Waals surface area contributed by atoms with Gasteiger partial charge in [-0.3, -0.25) is 0 Å². The lowest BCUT2D eigenvalue weighted by molar-refractivity contribution is 0.0525. The van der Waals surface area contributed by atoms with Gasteiger partial charge < -0.3 is 15.2 Å². The molecule has 0 spiro atoms. The molecule has 0 saturated heterocycles. The van der Waals surface area contributed by atoms with E-state index in [0.29, 0.717) is 23.6 Å². The molecule has 2 N–H and O–H groups in total. The second-order valence-electron chi connectivity index (χ2n) is 5.34. The van der Waals surface area contributed by atoms with Crippen molar-refractivity contribution >= 4 is 11.9 Å². The Balaban J connectivity index is 2.43. The Morgan fingerprint density at radius 1 is 1.25 bits per heavy atom. The SMILES string of the molecule is CCCCOc1cccc(-c2nc(N)nc(C)c2C(=O)OCC)c1. The number of nitrogens with zero attached hydrogens (tertiary/aromatic N) is 2. The number of nitrogen functional groups attached to an aromatic ring is 1. The lowest BCUT2D eigenvalue weighted by Crippen LogP contribution is -2.13. The van der Waals surface area contributed by atoms with E-state index in [0.717, 1.165) is 24.2 Å². The third kappa shape index (κ3) is 4.22. The van der Waals surface area contributed by atoms with Crippen LogP contribution in [0.25, 0.3) is 11.3 Å². The molecule has 0 fully saturated rings. The Kier molecular flexibility index (Phi) is 6.12. The minimum Gasteiger partial charge on any atom is -0.494 e. The van der Waals surface area contributed by atoms with Gasteiger partial charge in [0, 0.05) is 5.56 Å². The highest BCUT2D eigenvalue weighted by Gasteiger charge is 2.20. The van der Waals surface area contributed by atoms with Gasteiger partial charge in [0.05, 0.1) is 24.6 Å². The molecule has 2 aromatic rings. The van der Waals surface area contributed by atoms with Gasteiger partial charge in [0.2, 0.25) is 5.95 Å². The molecule has 0 bridgehead atoms. The molecule has 2 rings (SSSR count). The summed E-state index contributed by atoms with van der Waals surface area (Å²) >= 11 is 0. The number of esters is 1. The number of aromatic nitrogens is 2. The van der Waals surface area contributed by atoms with Gasteiger partial charge >= 0.3 is 5.97 Å². The van der Waals surface area contributed by atoms with Crippen molar-refractivity contribution in [2.24, 2.45) is 0 Å². The summed E-state index contributed by atoms with van der Waals surface area (Å²) in [6.45, 7) is 6.51. The number of aryl methyl sites for hydroxylation is 1. The average Bonchev–Trinajstić information content (AvgIpc) is 2.55. The first-order valence-electron chi connectivity index (χ1n) is 8.11. The molecule has 0 saturated carbocycles. The van der Waals surface area contributed by atoms with E-state index in [4.69, 9.17) is 15.2 Å². The van der Waals surface area contributed by atoms with Gasteiger partial charge in [-0.1, -0.05) is 25.5 Å². The van der Waals surface area contributed by atoms with Crippen LogP contribution in [0.2, 0.25) is 0 Å². The first-order valence-corrected chi connectivity index (χ1v) is 8.11. The van der Waals surface area contributed by atoms with Gasteiger partial charge in [0.15, 0.2) is 0 Å². The minimum absolute atomic E-state index is 0.118. The maximum Gasteiger partial charge on any atom is 0.342 e. The molecular weight excluding hydrogens is 306 g/mol. The number of hydrogen-bond donors (Lipinski definition) is 1. The van der Waals surface area contributed by atoms with E-state index in [-0.39, 0.29) is 12.6 Å². The molecule has 1 aromatic carbocycles. The van der Waals surface area contributed by atoms with E-state index >= 15 is 0 Å². The summed E-state index contributed by atoms with van der Waals surface area (Å²) in [6, 6.07) is 7.44. The zero-order chi connectivity index (χ0) is 17.5. The Hall–Kier alpha value is -2.63. The van der Waals surface area contributed by atoms with Crippen LogP contribution < -0.4 is 10.5 Å². The third-order valence-electron chi connectivity index (χ3n) is 3.46. The highest BCUT2D eigenvalue weighted by Crippen LogP contribution is 2.28. The van der Waals surface area contributed by atoms with Crippen LogP contribution in [0.15, 0.2) is 24.3 Å². The van der Waals surface area contributed by atoms with Crippen LogP contribution in [-0.4, -0.2) is 29.2 Å². The summed E-state index contributed by atoms with van der Waals surface area (Å²) in [5.41, 5.74) is 7.79.